The molecule has 7 heteroatoms. The van der Waals surface area contributed by atoms with Crippen molar-refractivity contribution in [1.29, 1.82) is 0 Å². The van der Waals surface area contributed by atoms with Crippen molar-refractivity contribution in [3.63, 3.8) is 0 Å². The molecule has 0 unspecified atom stereocenters. The van der Waals surface area contributed by atoms with Crippen LogP contribution in [0.3, 0.4) is 0 Å². The second kappa shape index (κ2) is 9.60. The van der Waals surface area contributed by atoms with E-state index in [0.717, 1.165) is 5.56 Å². The predicted molar refractivity (Wildman–Crippen MR) is 137 cm³/mol. The van der Waals surface area contributed by atoms with Gasteiger partial charge in [-0.2, -0.15) is 0 Å². The maximum atomic E-state index is 13.6. The molecular formula is C29H28N2O5. The van der Waals surface area contributed by atoms with E-state index in [-0.39, 0.29) is 31.6 Å². The van der Waals surface area contributed by atoms with E-state index in [4.69, 9.17) is 9.84 Å². The number of benzene rings is 3. The summed E-state index contributed by atoms with van der Waals surface area (Å²) in [5.74, 6) is -0.357. The van der Waals surface area contributed by atoms with Gasteiger partial charge in [-0.1, -0.05) is 61.5 Å². The molecule has 0 saturated heterocycles. The zero-order valence-corrected chi connectivity index (χ0v) is 20.0. The summed E-state index contributed by atoms with van der Waals surface area (Å²) in [6.07, 6.45) is 4.02. The van der Waals surface area contributed by atoms with Gasteiger partial charge in [0.2, 0.25) is 0 Å². The Hall–Kier alpha value is -3.94. The Balaban J connectivity index is 1.41. The van der Waals surface area contributed by atoms with Crippen molar-refractivity contribution < 1.29 is 24.5 Å². The highest BCUT2D eigenvalue weighted by Crippen LogP contribution is 2.45. The molecule has 36 heavy (non-hydrogen) atoms. The Morgan fingerprint density at radius 3 is 2.44 bits per heavy atom. The fourth-order valence-electron chi connectivity index (χ4n) is 4.89. The van der Waals surface area contributed by atoms with Gasteiger partial charge in [-0.25, -0.2) is 0 Å². The van der Waals surface area contributed by atoms with Crippen molar-refractivity contribution >= 4 is 28.9 Å². The lowest BCUT2D eigenvalue weighted by Gasteiger charge is -2.29. The standard InChI is InChI=1S/C29H28N2O5/c1-20(8-6-7-17-32)29(35)23-9-2-3-10-24(23)30(28(29)34)18-21-13-15-22(16-14-21)31-25-11-4-5-12-26(25)36-19-27(31)33/h2-6,8-16,20,32,35H,7,17-19H2,1H3/b8-6+/t20-,29+/m0/s1. The van der Waals surface area contributed by atoms with E-state index in [9.17, 15) is 14.7 Å². The zero-order chi connectivity index (χ0) is 25.3. The van der Waals surface area contributed by atoms with Crippen LogP contribution in [0.15, 0.2) is 84.9 Å². The van der Waals surface area contributed by atoms with Crippen LogP contribution in [0.1, 0.15) is 24.5 Å². The number of nitrogens with zero attached hydrogens (tertiary/aromatic N) is 2. The molecule has 2 aliphatic heterocycles. The first-order chi connectivity index (χ1) is 17.4. The van der Waals surface area contributed by atoms with Crippen LogP contribution in [0.5, 0.6) is 5.75 Å². The molecule has 2 amide bonds. The van der Waals surface area contributed by atoms with E-state index >= 15 is 0 Å². The molecule has 3 aromatic carbocycles. The van der Waals surface area contributed by atoms with E-state index in [2.05, 4.69) is 0 Å². The van der Waals surface area contributed by atoms with Crippen molar-refractivity contribution in [1.82, 2.24) is 0 Å². The summed E-state index contributed by atoms with van der Waals surface area (Å²) in [6.45, 7) is 2.06. The first-order valence-corrected chi connectivity index (χ1v) is 12.0. The number of ether oxygens (including phenoxy) is 1. The fourth-order valence-corrected chi connectivity index (χ4v) is 4.89. The van der Waals surface area contributed by atoms with Crippen LogP contribution < -0.4 is 14.5 Å². The molecular weight excluding hydrogens is 456 g/mol. The predicted octanol–water partition coefficient (Wildman–Crippen LogP) is 4.05. The van der Waals surface area contributed by atoms with Gasteiger partial charge in [0.25, 0.3) is 11.8 Å². The first kappa shape index (κ1) is 23.8. The minimum Gasteiger partial charge on any atom is -0.482 e. The van der Waals surface area contributed by atoms with Crippen molar-refractivity contribution in [3.05, 3.63) is 96.1 Å². The van der Waals surface area contributed by atoms with Crippen molar-refractivity contribution in [2.24, 2.45) is 5.92 Å². The smallest absolute Gasteiger partial charge is 0.269 e. The lowest BCUT2D eigenvalue weighted by molar-refractivity contribution is -0.139. The van der Waals surface area contributed by atoms with E-state index in [1.54, 1.807) is 34.9 Å². The molecule has 2 N–H and O–H groups in total. The third kappa shape index (κ3) is 3.96. The number of hydrogen-bond acceptors (Lipinski definition) is 5. The number of aliphatic hydroxyl groups is 2. The Morgan fingerprint density at radius 1 is 1.00 bits per heavy atom. The van der Waals surface area contributed by atoms with Crippen LogP contribution in [0.25, 0.3) is 0 Å². The number of hydrogen-bond donors (Lipinski definition) is 2. The van der Waals surface area contributed by atoms with Gasteiger partial charge >= 0.3 is 0 Å². The molecule has 7 nitrogen and oxygen atoms in total. The quantitative estimate of drug-likeness (QED) is 0.494. The SMILES string of the molecule is C[C@@H](/C=C/CCO)[C@]1(O)C(=O)N(Cc2ccc(N3C(=O)COc4ccccc43)cc2)c2ccccc21. The summed E-state index contributed by atoms with van der Waals surface area (Å²) < 4.78 is 5.54. The van der Waals surface area contributed by atoms with Gasteiger partial charge in [0.05, 0.1) is 17.9 Å². The summed E-state index contributed by atoms with van der Waals surface area (Å²) in [6, 6.07) is 22.2. The molecule has 3 aromatic rings. The van der Waals surface area contributed by atoms with E-state index in [1.165, 1.54) is 0 Å². The number of aliphatic hydroxyl groups excluding tert-OH is 1. The highest BCUT2D eigenvalue weighted by molar-refractivity contribution is 6.07. The molecule has 0 aromatic heterocycles. The third-order valence-electron chi connectivity index (χ3n) is 6.80. The van der Waals surface area contributed by atoms with E-state index in [0.29, 0.717) is 34.8 Å². The van der Waals surface area contributed by atoms with Gasteiger partial charge in [0.15, 0.2) is 12.2 Å². The van der Waals surface area contributed by atoms with Crippen LogP contribution in [0.4, 0.5) is 17.1 Å². The first-order valence-electron chi connectivity index (χ1n) is 12.0. The molecule has 0 aliphatic carbocycles. The zero-order valence-electron chi connectivity index (χ0n) is 20.0. The Labute approximate surface area is 209 Å². The highest BCUT2D eigenvalue weighted by Gasteiger charge is 2.52. The number of anilines is 3. The second-order valence-electron chi connectivity index (χ2n) is 9.06. The largest absolute Gasteiger partial charge is 0.482 e. The fraction of sp³-hybridized carbons (Fsp3) is 0.241. The average molecular weight is 485 g/mol. The van der Waals surface area contributed by atoms with Crippen LogP contribution >= 0.6 is 0 Å². The van der Waals surface area contributed by atoms with Gasteiger partial charge in [0.1, 0.15) is 5.75 Å². The number of fused-ring (bicyclic) bond motifs is 2. The van der Waals surface area contributed by atoms with Gasteiger partial charge in [0, 0.05) is 23.8 Å². The Kier molecular flexibility index (Phi) is 6.35. The van der Waals surface area contributed by atoms with Crippen LogP contribution in [-0.4, -0.2) is 35.2 Å². The minimum absolute atomic E-state index is 0.00986. The van der Waals surface area contributed by atoms with Crippen LogP contribution in [-0.2, 0) is 21.7 Å². The molecule has 2 atom stereocenters. The maximum Gasteiger partial charge on any atom is 0.269 e. The molecule has 0 bridgehead atoms. The van der Waals surface area contributed by atoms with Crippen molar-refractivity contribution in [2.75, 3.05) is 23.0 Å². The number of amides is 2. The average Bonchev–Trinajstić information content (AvgIpc) is 3.12. The summed E-state index contributed by atoms with van der Waals surface area (Å²) in [4.78, 5) is 29.5. The van der Waals surface area contributed by atoms with Gasteiger partial charge in [-0.15, -0.1) is 0 Å². The van der Waals surface area contributed by atoms with Crippen molar-refractivity contribution in [2.45, 2.75) is 25.5 Å². The molecule has 0 saturated carbocycles. The number of rotatable bonds is 7. The molecule has 0 radical (unpaired) electrons. The summed E-state index contributed by atoms with van der Waals surface area (Å²) in [5.41, 5.74) is 1.83. The molecule has 0 spiro atoms. The Bertz CT molecular complexity index is 1320. The number of para-hydroxylation sites is 3. The van der Waals surface area contributed by atoms with E-state index in [1.807, 2.05) is 66.7 Å². The molecule has 2 aliphatic rings. The minimum atomic E-state index is -1.69. The highest BCUT2D eigenvalue weighted by atomic mass is 16.5. The van der Waals surface area contributed by atoms with Gasteiger partial charge in [-0.3, -0.25) is 14.5 Å². The topological polar surface area (TPSA) is 90.3 Å². The lowest BCUT2D eigenvalue weighted by atomic mass is 9.83. The number of carbonyl (C=O) groups excluding carboxylic acids is 2. The Morgan fingerprint density at radius 2 is 1.69 bits per heavy atom. The molecule has 184 valence electrons. The third-order valence-corrected chi connectivity index (χ3v) is 6.80. The number of carbonyl (C=O) groups is 2. The normalized spacial score (nSPS) is 19.9. The molecule has 5 rings (SSSR count). The summed E-state index contributed by atoms with van der Waals surface area (Å²) in [5, 5.41) is 20.7. The molecule has 0 fully saturated rings. The molecule has 2 heterocycles. The van der Waals surface area contributed by atoms with Crippen molar-refractivity contribution in [3.8, 4) is 5.75 Å². The summed E-state index contributed by atoms with van der Waals surface area (Å²) >= 11 is 0. The second-order valence-corrected chi connectivity index (χ2v) is 9.06. The van der Waals surface area contributed by atoms with E-state index < -0.39 is 11.5 Å². The van der Waals surface area contributed by atoms with Gasteiger partial charge in [-0.05, 0) is 42.3 Å². The van der Waals surface area contributed by atoms with Gasteiger partial charge < -0.3 is 19.8 Å². The lowest BCUT2D eigenvalue weighted by Crippen LogP contribution is -2.44. The van der Waals surface area contributed by atoms with Crippen LogP contribution in [0.2, 0.25) is 0 Å². The monoisotopic (exact) mass is 484 g/mol. The maximum absolute atomic E-state index is 13.6. The van der Waals surface area contributed by atoms with Crippen LogP contribution in [0, 0.1) is 5.92 Å². The summed E-state index contributed by atoms with van der Waals surface area (Å²) in [7, 11) is 0.